The molecule has 0 aromatic heterocycles. The summed E-state index contributed by atoms with van der Waals surface area (Å²) in [5.74, 6) is 0.193. The van der Waals surface area contributed by atoms with E-state index in [4.69, 9.17) is 5.73 Å². The minimum Gasteiger partial charge on any atom is -0.352 e. The monoisotopic (exact) mass is 254 g/mol. The van der Waals surface area contributed by atoms with Gasteiger partial charge in [-0.15, -0.1) is 0 Å². The van der Waals surface area contributed by atoms with Crippen molar-refractivity contribution in [3.05, 3.63) is 0 Å². The lowest BCUT2D eigenvalue weighted by Crippen LogP contribution is -2.52. The van der Waals surface area contributed by atoms with E-state index in [2.05, 4.69) is 33.0 Å². The first-order valence-electron chi connectivity index (χ1n) is 7.08. The predicted molar refractivity (Wildman–Crippen MR) is 76.2 cm³/mol. The number of hydrogen-bond acceptors (Lipinski definition) is 2. The second-order valence-corrected chi connectivity index (χ2v) is 7.89. The quantitative estimate of drug-likeness (QED) is 0.813. The Balaban J connectivity index is 2.65. The minimum absolute atomic E-state index is 0.00324. The predicted octanol–water partition coefficient (Wildman–Crippen LogP) is 2.69. The van der Waals surface area contributed by atoms with Gasteiger partial charge >= 0.3 is 0 Å². The molecular weight excluding hydrogens is 224 g/mol. The van der Waals surface area contributed by atoms with Gasteiger partial charge in [0, 0.05) is 6.04 Å². The van der Waals surface area contributed by atoms with Crippen LogP contribution in [-0.2, 0) is 4.79 Å². The fourth-order valence-corrected chi connectivity index (χ4v) is 3.55. The summed E-state index contributed by atoms with van der Waals surface area (Å²) < 4.78 is 0. The van der Waals surface area contributed by atoms with E-state index in [-0.39, 0.29) is 17.9 Å². The van der Waals surface area contributed by atoms with Gasteiger partial charge in [0.1, 0.15) is 0 Å². The maximum atomic E-state index is 12.0. The van der Waals surface area contributed by atoms with E-state index in [1.807, 2.05) is 13.8 Å². The Bertz CT molecular complexity index is 292. The van der Waals surface area contributed by atoms with E-state index in [1.165, 1.54) is 6.42 Å². The van der Waals surface area contributed by atoms with E-state index in [9.17, 15) is 4.79 Å². The Labute approximate surface area is 112 Å². The molecule has 106 valence electrons. The summed E-state index contributed by atoms with van der Waals surface area (Å²) in [6.45, 7) is 13.1. The summed E-state index contributed by atoms with van der Waals surface area (Å²) in [5, 5.41) is 3.15. The lowest BCUT2D eigenvalue weighted by Gasteiger charge is -2.45. The van der Waals surface area contributed by atoms with Crippen LogP contribution in [0, 0.1) is 16.7 Å². The van der Waals surface area contributed by atoms with Crippen LogP contribution in [0.15, 0.2) is 0 Å². The zero-order chi connectivity index (χ0) is 14.1. The van der Waals surface area contributed by atoms with Crippen LogP contribution < -0.4 is 11.1 Å². The van der Waals surface area contributed by atoms with Crippen molar-refractivity contribution < 1.29 is 4.79 Å². The van der Waals surface area contributed by atoms with Crippen LogP contribution in [0.3, 0.4) is 0 Å². The van der Waals surface area contributed by atoms with E-state index in [1.54, 1.807) is 0 Å². The number of hydrogen-bond donors (Lipinski definition) is 2. The van der Waals surface area contributed by atoms with Crippen LogP contribution in [0.25, 0.3) is 0 Å². The number of amides is 1. The van der Waals surface area contributed by atoms with Gasteiger partial charge in [-0.25, -0.2) is 0 Å². The molecule has 1 amide bonds. The lowest BCUT2D eigenvalue weighted by atomic mass is 9.63. The average Bonchev–Trinajstić information content (AvgIpc) is 2.10. The van der Waals surface area contributed by atoms with Gasteiger partial charge in [0.05, 0.1) is 6.04 Å². The van der Waals surface area contributed by atoms with Gasteiger partial charge in [-0.05, 0) is 36.0 Å². The van der Waals surface area contributed by atoms with Crippen molar-refractivity contribution in [1.82, 2.24) is 5.32 Å². The van der Waals surface area contributed by atoms with Crippen molar-refractivity contribution in [1.29, 1.82) is 0 Å². The zero-order valence-corrected chi connectivity index (χ0v) is 12.8. The van der Waals surface area contributed by atoms with Crippen molar-refractivity contribution in [2.24, 2.45) is 22.5 Å². The highest BCUT2D eigenvalue weighted by Crippen LogP contribution is 2.45. The molecule has 0 aromatic rings. The molecule has 0 aliphatic heterocycles. The second-order valence-electron chi connectivity index (χ2n) is 7.89. The van der Waals surface area contributed by atoms with Crippen LogP contribution in [0.5, 0.6) is 0 Å². The standard InChI is InChI=1S/C15H30N2O/c1-10(2)12(16)13(18)17-11-7-14(3,4)9-15(5,6)8-11/h10-12H,7-9,16H2,1-6H3,(H,17,18)/t12-/m1/s1. The topological polar surface area (TPSA) is 55.1 Å². The molecule has 0 spiro atoms. The molecule has 1 rings (SSSR count). The molecule has 3 heteroatoms. The smallest absolute Gasteiger partial charge is 0.237 e. The lowest BCUT2D eigenvalue weighted by molar-refractivity contribution is -0.124. The molecule has 18 heavy (non-hydrogen) atoms. The first kappa shape index (κ1) is 15.5. The fraction of sp³-hybridized carbons (Fsp3) is 0.933. The molecule has 0 saturated heterocycles. The van der Waals surface area contributed by atoms with Crippen molar-refractivity contribution in [2.75, 3.05) is 0 Å². The van der Waals surface area contributed by atoms with Gasteiger partial charge < -0.3 is 11.1 Å². The molecule has 1 aliphatic rings. The van der Waals surface area contributed by atoms with Gasteiger partial charge in [0.15, 0.2) is 0 Å². The summed E-state index contributed by atoms with van der Waals surface area (Å²) in [4.78, 5) is 12.0. The molecule has 1 aliphatic carbocycles. The Morgan fingerprint density at radius 3 is 2.00 bits per heavy atom. The Morgan fingerprint density at radius 1 is 1.17 bits per heavy atom. The first-order chi connectivity index (χ1) is 8.02. The molecule has 3 nitrogen and oxygen atoms in total. The van der Waals surface area contributed by atoms with Gasteiger partial charge in [0.25, 0.3) is 0 Å². The summed E-state index contributed by atoms with van der Waals surface area (Å²) in [5.41, 5.74) is 6.49. The SMILES string of the molecule is CC(C)[C@@H](N)C(=O)NC1CC(C)(C)CC(C)(C)C1. The van der Waals surface area contributed by atoms with Gasteiger partial charge in [-0.1, -0.05) is 41.5 Å². The van der Waals surface area contributed by atoms with Gasteiger partial charge in [-0.2, -0.15) is 0 Å². The van der Waals surface area contributed by atoms with E-state index < -0.39 is 6.04 Å². The average molecular weight is 254 g/mol. The van der Waals surface area contributed by atoms with Gasteiger partial charge in [-0.3, -0.25) is 4.79 Å². The molecule has 0 aromatic carbocycles. The molecule has 0 heterocycles. The highest BCUT2D eigenvalue weighted by atomic mass is 16.2. The first-order valence-corrected chi connectivity index (χ1v) is 7.08. The molecule has 0 radical (unpaired) electrons. The minimum atomic E-state index is -0.391. The van der Waals surface area contributed by atoms with E-state index >= 15 is 0 Å². The molecule has 1 saturated carbocycles. The van der Waals surface area contributed by atoms with Crippen LogP contribution in [0.4, 0.5) is 0 Å². The van der Waals surface area contributed by atoms with Crippen molar-refractivity contribution in [3.63, 3.8) is 0 Å². The summed E-state index contributed by atoms with van der Waals surface area (Å²) >= 11 is 0. The Kier molecular flexibility index (Phi) is 4.47. The Morgan fingerprint density at radius 2 is 1.61 bits per heavy atom. The zero-order valence-electron chi connectivity index (χ0n) is 12.8. The van der Waals surface area contributed by atoms with Crippen LogP contribution in [-0.4, -0.2) is 18.0 Å². The molecule has 1 fully saturated rings. The number of carbonyl (C=O) groups is 1. The third-order valence-electron chi connectivity index (χ3n) is 3.92. The van der Waals surface area contributed by atoms with Crippen LogP contribution in [0.1, 0.15) is 60.8 Å². The van der Waals surface area contributed by atoms with Crippen LogP contribution in [0.2, 0.25) is 0 Å². The highest BCUT2D eigenvalue weighted by molar-refractivity contribution is 5.82. The summed E-state index contributed by atoms with van der Waals surface area (Å²) in [7, 11) is 0. The van der Waals surface area contributed by atoms with E-state index in [0.717, 1.165) is 12.8 Å². The fourth-order valence-electron chi connectivity index (χ4n) is 3.55. The van der Waals surface area contributed by atoms with Crippen molar-refractivity contribution in [3.8, 4) is 0 Å². The molecule has 1 atom stereocenters. The number of nitrogens with one attached hydrogen (secondary N) is 1. The van der Waals surface area contributed by atoms with Crippen molar-refractivity contribution >= 4 is 5.91 Å². The second kappa shape index (κ2) is 5.20. The largest absolute Gasteiger partial charge is 0.352 e. The summed E-state index contributed by atoms with van der Waals surface area (Å²) in [6, 6.07) is -0.126. The highest BCUT2D eigenvalue weighted by Gasteiger charge is 2.39. The molecular formula is C15H30N2O. The van der Waals surface area contributed by atoms with Crippen LogP contribution >= 0.6 is 0 Å². The maximum Gasteiger partial charge on any atom is 0.237 e. The normalized spacial score (nSPS) is 24.9. The molecule has 3 N–H and O–H groups in total. The number of carbonyl (C=O) groups excluding carboxylic acids is 1. The third kappa shape index (κ3) is 4.27. The number of nitrogens with two attached hydrogens (primary N) is 1. The van der Waals surface area contributed by atoms with E-state index in [0.29, 0.717) is 10.8 Å². The maximum absolute atomic E-state index is 12.0. The third-order valence-corrected chi connectivity index (χ3v) is 3.92. The molecule has 0 bridgehead atoms. The number of rotatable bonds is 3. The summed E-state index contributed by atoms with van der Waals surface area (Å²) in [6.07, 6.45) is 3.31. The van der Waals surface area contributed by atoms with Gasteiger partial charge in [0.2, 0.25) is 5.91 Å². The van der Waals surface area contributed by atoms with Crippen molar-refractivity contribution in [2.45, 2.75) is 72.9 Å². The Hall–Kier alpha value is -0.570. The molecule has 0 unspecified atom stereocenters.